The van der Waals surface area contributed by atoms with E-state index in [-0.39, 0.29) is 28.1 Å². The number of anilines is 1. The predicted molar refractivity (Wildman–Crippen MR) is 165 cm³/mol. The highest BCUT2D eigenvalue weighted by Crippen LogP contribution is 2.49. The lowest BCUT2D eigenvalue weighted by Crippen LogP contribution is -2.37. The van der Waals surface area contributed by atoms with Gasteiger partial charge in [0, 0.05) is 37.1 Å². The first kappa shape index (κ1) is 28.4. The Morgan fingerprint density at radius 3 is 2.57 bits per heavy atom. The van der Waals surface area contributed by atoms with Crippen molar-refractivity contribution in [2.45, 2.75) is 68.8 Å². The highest BCUT2D eigenvalue weighted by atomic mass is 32.2. The van der Waals surface area contributed by atoms with Crippen LogP contribution in [0.5, 0.6) is 0 Å². The summed E-state index contributed by atoms with van der Waals surface area (Å²) in [5.74, 6) is 0.956. The van der Waals surface area contributed by atoms with E-state index in [1.54, 1.807) is 24.4 Å². The van der Waals surface area contributed by atoms with Crippen molar-refractivity contribution in [3.05, 3.63) is 113 Å². The maximum Gasteiger partial charge on any atom is 0.241 e. The normalized spacial score (nSPS) is 21.0. The molecule has 6 rings (SSSR count). The number of benzene rings is 3. The van der Waals surface area contributed by atoms with Crippen molar-refractivity contribution in [2.75, 3.05) is 4.90 Å². The van der Waals surface area contributed by atoms with Crippen LogP contribution in [-0.4, -0.2) is 23.9 Å². The zero-order chi connectivity index (χ0) is 29.6. The van der Waals surface area contributed by atoms with E-state index >= 15 is 0 Å². The van der Waals surface area contributed by atoms with Crippen LogP contribution in [-0.2, 0) is 33.8 Å². The van der Waals surface area contributed by atoms with Crippen LogP contribution in [0, 0.1) is 12.8 Å². The number of hydrogen-bond donors (Lipinski definition) is 1. The Kier molecular flexibility index (Phi) is 7.31. The maximum absolute atomic E-state index is 14.1. The number of hydrogen-bond acceptors (Lipinski definition) is 4. The topological polar surface area (TPSA) is 84.3 Å². The number of amides is 1. The third-order valence-electron chi connectivity index (χ3n) is 8.93. The summed E-state index contributed by atoms with van der Waals surface area (Å²) in [6.45, 7) is 6.62. The largest absolute Gasteiger partial charge is 0.337 e. The summed E-state index contributed by atoms with van der Waals surface area (Å²) < 4.78 is 31.9. The number of nitrogens with zero attached hydrogens (tertiary/aromatic N) is 3. The van der Waals surface area contributed by atoms with Crippen molar-refractivity contribution in [3.8, 4) is 0 Å². The molecule has 0 spiro atoms. The van der Waals surface area contributed by atoms with Gasteiger partial charge < -0.3 is 9.47 Å². The summed E-state index contributed by atoms with van der Waals surface area (Å²) in [7, 11) is -1.81. The Morgan fingerprint density at radius 1 is 1.07 bits per heavy atom. The Hall–Kier alpha value is -3.75. The van der Waals surface area contributed by atoms with Crippen molar-refractivity contribution in [2.24, 2.45) is 13.0 Å². The lowest BCUT2D eigenvalue weighted by molar-refractivity contribution is -0.120. The molecule has 0 bridgehead atoms. The molecule has 3 unspecified atom stereocenters. The second kappa shape index (κ2) is 10.8. The molecule has 218 valence electrons. The minimum absolute atomic E-state index is 0.0683. The molecule has 3 aromatic carbocycles. The fraction of sp³-hybridized carbons (Fsp3) is 0.353. The van der Waals surface area contributed by atoms with E-state index in [1.807, 2.05) is 66.0 Å². The molecule has 2 aliphatic carbocycles. The third-order valence-corrected chi connectivity index (χ3v) is 10.4. The van der Waals surface area contributed by atoms with Crippen molar-refractivity contribution in [1.29, 1.82) is 0 Å². The molecule has 7 nitrogen and oxygen atoms in total. The van der Waals surface area contributed by atoms with E-state index in [1.165, 1.54) is 5.56 Å². The molecule has 0 aliphatic heterocycles. The van der Waals surface area contributed by atoms with Gasteiger partial charge in [-0.2, -0.15) is 0 Å². The number of aryl methyl sites for hydroxylation is 2. The van der Waals surface area contributed by atoms with Gasteiger partial charge in [-0.25, -0.2) is 18.1 Å². The fourth-order valence-electron chi connectivity index (χ4n) is 6.30. The van der Waals surface area contributed by atoms with Crippen LogP contribution in [0.1, 0.15) is 73.1 Å². The molecule has 2 aliphatic rings. The molecule has 1 heterocycles. The highest BCUT2D eigenvalue weighted by molar-refractivity contribution is 7.89. The summed E-state index contributed by atoms with van der Waals surface area (Å²) in [5.41, 5.74) is 4.74. The molecular formula is C34H38N4O3S. The summed E-state index contributed by atoms with van der Waals surface area (Å²) in [5, 5.41) is 0. The van der Waals surface area contributed by atoms with Crippen molar-refractivity contribution in [1.82, 2.24) is 14.3 Å². The molecule has 4 aromatic rings. The molecule has 3 atom stereocenters. The number of imidazole rings is 1. The van der Waals surface area contributed by atoms with Gasteiger partial charge in [0.1, 0.15) is 5.82 Å². The number of rotatable bonds is 8. The zero-order valence-corrected chi connectivity index (χ0v) is 25.4. The van der Waals surface area contributed by atoms with Gasteiger partial charge in [0.2, 0.25) is 15.9 Å². The van der Waals surface area contributed by atoms with Crippen LogP contribution in [0.2, 0.25) is 0 Å². The first-order chi connectivity index (χ1) is 20.0. The lowest BCUT2D eigenvalue weighted by Gasteiger charge is -2.38. The maximum atomic E-state index is 14.1. The van der Waals surface area contributed by atoms with Crippen LogP contribution in [0.15, 0.2) is 90.1 Å². The fourth-order valence-corrected chi connectivity index (χ4v) is 7.66. The monoisotopic (exact) mass is 582 g/mol. The molecule has 1 aromatic heterocycles. The SMILES string of the molecule is Cc1cccc(S(=O)(=O)NC2CCC(C)(C)c3ccc(N(Cc4nccn4C)C(=O)C4CC4c4ccccc4)cc32)c1. The van der Waals surface area contributed by atoms with E-state index in [9.17, 15) is 13.2 Å². The average Bonchev–Trinajstić information content (AvgIpc) is 3.68. The average molecular weight is 583 g/mol. The molecular weight excluding hydrogens is 544 g/mol. The van der Waals surface area contributed by atoms with Gasteiger partial charge in [0.15, 0.2) is 0 Å². The van der Waals surface area contributed by atoms with Gasteiger partial charge >= 0.3 is 0 Å². The number of sulfonamides is 1. The van der Waals surface area contributed by atoms with Crippen LogP contribution in [0.4, 0.5) is 5.69 Å². The molecule has 0 radical (unpaired) electrons. The molecule has 1 fully saturated rings. The molecule has 0 saturated heterocycles. The van der Waals surface area contributed by atoms with Gasteiger partial charge in [0.05, 0.1) is 11.4 Å². The number of nitrogens with one attached hydrogen (secondary N) is 1. The quantitative estimate of drug-likeness (QED) is 0.270. The number of aromatic nitrogens is 2. The standard InChI is InChI=1S/C34H38N4O3S/c1-23-9-8-12-26(19-23)42(40,41)36-31-15-16-34(2,3)30-14-13-25(20-29(30)31)38(22-32-35-17-18-37(32)4)33(39)28-21-27(28)24-10-6-5-7-11-24/h5-14,17-20,27-28,31,36H,15-16,21-22H2,1-4H3. The first-order valence-corrected chi connectivity index (χ1v) is 16.1. The van der Waals surface area contributed by atoms with Gasteiger partial charge in [-0.15, -0.1) is 0 Å². The van der Waals surface area contributed by atoms with E-state index in [0.29, 0.717) is 13.0 Å². The van der Waals surface area contributed by atoms with Gasteiger partial charge in [-0.1, -0.05) is 62.4 Å². The first-order valence-electron chi connectivity index (χ1n) is 14.6. The third kappa shape index (κ3) is 5.53. The van der Waals surface area contributed by atoms with Crippen molar-refractivity contribution >= 4 is 21.6 Å². The Bertz CT molecular complexity index is 1730. The molecule has 1 saturated carbocycles. The van der Waals surface area contributed by atoms with Crippen molar-refractivity contribution in [3.63, 3.8) is 0 Å². The Balaban J connectivity index is 1.36. The van der Waals surface area contributed by atoms with Crippen LogP contribution in [0.3, 0.4) is 0 Å². The van der Waals surface area contributed by atoms with Crippen LogP contribution in [0.25, 0.3) is 0 Å². The van der Waals surface area contributed by atoms with E-state index in [2.05, 4.69) is 41.8 Å². The Morgan fingerprint density at radius 2 is 1.86 bits per heavy atom. The lowest BCUT2D eigenvalue weighted by atomic mass is 9.71. The van der Waals surface area contributed by atoms with Gasteiger partial charge in [-0.05, 0) is 84.0 Å². The van der Waals surface area contributed by atoms with Crippen LogP contribution >= 0.6 is 0 Å². The van der Waals surface area contributed by atoms with Gasteiger partial charge in [0.25, 0.3) is 0 Å². The second-order valence-electron chi connectivity index (χ2n) is 12.4. The zero-order valence-electron chi connectivity index (χ0n) is 24.6. The Labute approximate surface area is 248 Å². The highest BCUT2D eigenvalue weighted by Gasteiger charge is 2.46. The molecule has 1 N–H and O–H groups in total. The molecule has 8 heteroatoms. The number of carbonyl (C=O) groups excluding carboxylic acids is 1. The second-order valence-corrected chi connectivity index (χ2v) is 14.1. The van der Waals surface area contributed by atoms with E-state index in [0.717, 1.165) is 41.0 Å². The predicted octanol–water partition coefficient (Wildman–Crippen LogP) is 6.16. The van der Waals surface area contributed by atoms with Crippen molar-refractivity contribution < 1.29 is 13.2 Å². The summed E-state index contributed by atoms with van der Waals surface area (Å²) in [4.78, 5) is 20.7. The summed E-state index contributed by atoms with van der Waals surface area (Å²) in [6.07, 6.45) is 5.95. The molecule has 1 amide bonds. The minimum Gasteiger partial charge on any atom is -0.337 e. The smallest absolute Gasteiger partial charge is 0.241 e. The minimum atomic E-state index is -3.74. The van der Waals surface area contributed by atoms with Gasteiger partial charge in [-0.3, -0.25) is 4.79 Å². The number of fused-ring (bicyclic) bond motifs is 1. The van der Waals surface area contributed by atoms with Crippen LogP contribution < -0.4 is 9.62 Å². The number of carbonyl (C=O) groups is 1. The summed E-state index contributed by atoms with van der Waals surface area (Å²) in [6, 6.07) is 22.9. The molecule has 42 heavy (non-hydrogen) atoms. The van der Waals surface area contributed by atoms with E-state index in [4.69, 9.17) is 0 Å². The summed E-state index contributed by atoms with van der Waals surface area (Å²) >= 11 is 0. The van der Waals surface area contributed by atoms with E-state index < -0.39 is 16.1 Å².